The first-order chi connectivity index (χ1) is 9.42. The monoisotopic (exact) mass is 295 g/mol. The molecule has 1 fully saturated rings. The van der Waals surface area contributed by atoms with Gasteiger partial charge in [-0.25, -0.2) is 8.42 Å². The molecule has 0 aromatic heterocycles. The first-order valence-corrected chi connectivity index (χ1v) is 7.90. The lowest BCUT2D eigenvalue weighted by Gasteiger charge is -2.20. The van der Waals surface area contributed by atoms with Gasteiger partial charge in [0.1, 0.15) is 6.04 Å². The average molecular weight is 295 g/mol. The Morgan fingerprint density at radius 3 is 2.60 bits per heavy atom. The van der Waals surface area contributed by atoms with E-state index in [1.807, 2.05) is 18.2 Å². The summed E-state index contributed by atoms with van der Waals surface area (Å²) in [4.78, 5) is 11.2. The number of carboxylic acids is 1. The van der Waals surface area contributed by atoms with Crippen LogP contribution in [0, 0.1) is 5.92 Å². The van der Waals surface area contributed by atoms with E-state index in [9.17, 15) is 18.3 Å². The van der Waals surface area contributed by atoms with Crippen LogP contribution in [0.1, 0.15) is 18.9 Å². The number of rotatable bonds is 4. The third-order valence-electron chi connectivity index (χ3n) is 3.47. The highest BCUT2D eigenvalue weighted by Gasteiger charge is 2.42. The summed E-state index contributed by atoms with van der Waals surface area (Å²) in [5, 5.41) is 10.3. The zero-order valence-corrected chi connectivity index (χ0v) is 12.0. The van der Waals surface area contributed by atoms with Gasteiger partial charge in [-0.3, -0.25) is 4.79 Å². The minimum Gasteiger partial charge on any atom is -0.480 e. The second kappa shape index (κ2) is 5.76. The molecule has 1 heterocycles. The van der Waals surface area contributed by atoms with Crippen LogP contribution in [0.2, 0.25) is 0 Å². The minimum absolute atomic E-state index is 0.174. The smallest absolute Gasteiger partial charge is 0.322 e. The molecule has 1 aromatic rings. The van der Waals surface area contributed by atoms with E-state index < -0.39 is 22.0 Å². The largest absolute Gasteiger partial charge is 0.480 e. The molecule has 1 aliphatic rings. The van der Waals surface area contributed by atoms with Crippen LogP contribution in [0.15, 0.2) is 35.7 Å². The lowest BCUT2D eigenvalue weighted by molar-refractivity contribution is -0.141. The topological polar surface area (TPSA) is 74.7 Å². The Hall–Kier alpha value is -1.66. The van der Waals surface area contributed by atoms with Crippen LogP contribution >= 0.6 is 0 Å². The molecule has 20 heavy (non-hydrogen) atoms. The highest BCUT2D eigenvalue weighted by Crippen LogP contribution is 2.27. The van der Waals surface area contributed by atoms with Gasteiger partial charge in [0.15, 0.2) is 0 Å². The van der Waals surface area contributed by atoms with Crippen molar-refractivity contribution >= 4 is 22.1 Å². The molecular formula is C14H17NO4S. The van der Waals surface area contributed by atoms with Crippen LogP contribution in [-0.4, -0.2) is 36.4 Å². The van der Waals surface area contributed by atoms with Crippen molar-refractivity contribution in [3.63, 3.8) is 0 Å². The maximum atomic E-state index is 12.2. The average Bonchev–Trinajstić information content (AvgIpc) is 2.81. The maximum absolute atomic E-state index is 12.2. The summed E-state index contributed by atoms with van der Waals surface area (Å²) >= 11 is 0. The summed E-state index contributed by atoms with van der Waals surface area (Å²) < 4.78 is 25.6. The van der Waals surface area contributed by atoms with Crippen LogP contribution in [0.4, 0.5) is 0 Å². The molecule has 108 valence electrons. The van der Waals surface area contributed by atoms with Crippen LogP contribution < -0.4 is 0 Å². The quantitative estimate of drug-likeness (QED) is 0.919. The van der Waals surface area contributed by atoms with E-state index in [4.69, 9.17) is 0 Å². The number of nitrogens with zero attached hydrogens (tertiary/aromatic N) is 1. The Morgan fingerprint density at radius 1 is 1.35 bits per heavy atom. The van der Waals surface area contributed by atoms with Crippen molar-refractivity contribution in [2.75, 3.05) is 6.54 Å². The zero-order valence-electron chi connectivity index (χ0n) is 11.1. The van der Waals surface area contributed by atoms with E-state index >= 15 is 0 Å². The molecule has 1 N–H and O–H groups in total. The number of sulfonamides is 1. The Balaban J connectivity index is 2.23. The second-order valence-corrected chi connectivity index (χ2v) is 6.69. The summed E-state index contributed by atoms with van der Waals surface area (Å²) in [6.45, 7) is 2.01. The molecule has 2 atom stereocenters. The summed E-state index contributed by atoms with van der Waals surface area (Å²) in [6.07, 6.45) is 2.05. The van der Waals surface area contributed by atoms with E-state index in [2.05, 4.69) is 0 Å². The van der Waals surface area contributed by atoms with Gasteiger partial charge in [0.2, 0.25) is 10.0 Å². The molecule has 0 radical (unpaired) electrons. The van der Waals surface area contributed by atoms with E-state index in [-0.39, 0.29) is 12.5 Å². The van der Waals surface area contributed by atoms with Crippen molar-refractivity contribution in [2.45, 2.75) is 19.4 Å². The Bertz CT molecular complexity index is 609. The molecule has 2 unspecified atom stereocenters. The number of aliphatic carboxylic acids is 1. The normalized spacial score (nSPS) is 24.2. The van der Waals surface area contributed by atoms with E-state index in [0.717, 1.165) is 15.3 Å². The second-order valence-electron chi connectivity index (χ2n) is 4.92. The van der Waals surface area contributed by atoms with Gasteiger partial charge in [-0.1, -0.05) is 37.3 Å². The molecule has 5 nitrogen and oxygen atoms in total. The van der Waals surface area contributed by atoms with E-state index in [1.54, 1.807) is 19.1 Å². The van der Waals surface area contributed by atoms with Crippen molar-refractivity contribution < 1.29 is 18.3 Å². The fourth-order valence-corrected chi connectivity index (χ4v) is 3.83. The van der Waals surface area contributed by atoms with Crippen molar-refractivity contribution in [1.82, 2.24) is 4.31 Å². The summed E-state index contributed by atoms with van der Waals surface area (Å²) in [5.74, 6) is -1.26. The Morgan fingerprint density at radius 2 is 2.00 bits per heavy atom. The van der Waals surface area contributed by atoms with Gasteiger partial charge in [0, 0.05) is 12.0 Å². The molecule has 1 saturated heterocycles. The SMILES string of the molecule is CC1CCN(S(=O)(=O)/C=C/c2ccccc2)C1C(=O)O. The van der Waals surface area contributed by atoms with Gasteiger partial charge in [0.05, 0.1) is 0 Å². The molecule has 0 saturated carbocycles. The van der Waals surface area contributed by atoms with Crippen LogP contribution in [0.5, 0.6) is 0 Å². The fourth-order valence-electron chi connectivity index (χ4n) is 2.37. The van der Waals surface area contributed by atoms with Gasteiger partial charge in [-0.2, -0.15) is 4.31 Å². The molecule has 6 heteroatoms. The standard InChI is InChI=1S/C14H17NO4S/c1-11-7-9-15(13(11)14(16)17)20(18,19)10-8-12-5-3-2-4-6-12/h2-6,8,10-11,13H,7,9H2,1H3,(H,16,17)/b10-8+. The first-order valence-electron chi connectivity index (χ1n) is 6.39. The molecule has 1 aliphatic heterocycles. The third kappa shape index (κ3) is 3.08. The number of hydrogen-bond donors (Lipinski definition) is 1. The molecule has 0 aliphatic carbocycles. The van der Waals surface area contributed by atoms with Gasteiger partial charge in [-0.05, 0) is 24.0 Å². The van der Waals surface area contributed by atoms with E-state index in [0.29, 0.717) is 6.42 Å². The van der Waals surface area contributed by atoms with Gasteiger partial charge in [-0.15, -0.1) is 0 Å². The molecule has 1 aromatic carbocycles. The van der Waals surface area contributed by atoms with Crippen molar-refractivity contribution in [3.05, 3.63) is 41.3 Å². The third-order valence-corrected chi connectivity index (χ3v) is 5.01. The first kappa shape index (κ1) is 14.7. The zero-order chi connectivity index (χ0) is 14.8. The predicted molar refractivity (Wildman–Crippen MR) is 76.3 cm³/mol. The summed E-state index contributed by atoms with van der Waals surface area (Å²) in [7, 11) is -3.71. The fraction of sp³-hybridized carbons (Fsp3) is 0.357. The molecule has 0 spiro atoms. The minimum atomic E-state index is -3.71. The maximum Gasteiger partial charge on any atom is 0.322 e. The molecule has 2 rings (SSSR count). The van der Waals surface area contributed by atoms with E-state index in [1.165, 1.54) is 6.08 Å². The Labute approximate surface area is 118 Å². The highest BCUT2D eigenvalue weighted by atomic mass is 32.2. The molecular weight excluding hydrogens is 278 g/mol. The lowest BCUT2D eigenvalue weighted by atomic mass is 10.0. The van der Waals surface area contributed by atoms with Crippen molar-refractivity contribution in [1.29, 1.82) is 0 Å². The van der Waals surface area contributed by atoms with Gasteiger partial charge >= 0.3 is 5.97 Å². The van der Waals surface area contributed by atoms with Gasteiger partial charge in [0.25, 0.3) is 0 Å². The molecule has 0 amide bonds. The number of benzene rings is 1. The number of hydrogen-bond acceptors (Lipinski definition) is 3. The highest BCUT2D eigenvalue weighted by molar-refractivity contribution is 7.92. The lowest BCUT2D eigenvalue weighted by Crippen LogP contribution is -2.41. The van der Waals surface area contributed by atoms with Crippen molar-refractivity contribution in [3.8, 4) is 0 Å². The predicted octanol–water partition coefficient (Wildman–Crippen LogP) is 1.78. The number of carboxylic acid groups (broad SMARTS) is 1. The van der Waals surface area contributed by atoms with Gasteiger partial charge < -0.3 is 5.11 Å². The van der Waals surface area contributed by atoms with Crippen LogP contribution in [-0.2, 0) is 14.8 Å². The summed E-state index contributed by atoms with van der Waals surface area (Å²) in [6, 6.07) is 8.06. The van der Waals surface area contributed by atoms with Crippen LogP contribution in [0.3, 0.4) is 0 Å². The molecule has 0 bridgehead atoms. The Kier molecular flexibility index (Phi) is 4.25. The number of carbonyl (C=O) groups is 1. The van der Waals surface area contributed by atoms with Crippen LogP contribution in [0.25, 0.3) is 6.08 Å². The van der Waals surface area contributed by atoms with Crippen molar-refractivity contribution in [2.24, 2.45) is 5.92 Å². The summed E-state index contributed by atoms with van der Waals surface area (Å²) in [5.41, 5.74) is 0.759.